The van der Waals surface area contributed by atoms with E-state index in [2.05, 4.69) is 4.98 Å². The van der Waals surface area contributed by atoms with Crippen molar-refractivity contribution in [3.05, 3.63) is 18.2 Å². The Bertz CT molecular complexity index is 329. The molecule has 0 saturated carbocycles. The summed E-state index contributed by atoms with van der Waals surface area (Å²) in [6.07, 6.45) is 4.89. The number of hydrogen-bond donors (Lipinski definition) is 1. The Labute approximate surface area is 89.9 Å². The minimum Gasteiger partial charge on any atom is -0.382 e. The number of rotatable bonds is 3. The number of aliphatic hydroxyl groups excluding tert-OH is 1. The van der Waals surface area contributed by atoms with Crippen molar-refractivity contribution >= 4 is 0 Å². The van der Waals surface area contributed by atoms with Crippen LogP contribution >= 0.6 is 0 Å². The monoisotopic (exact) mass is 210 g/mol. The topological polar surface area (TPSA) is 47.3 Å². The van der Waals surface area contributed by atoms with Crippen molar-refractivity contribution in [2.75, 3.05) is 6.61 Å². The molecule has 2 unspecified atom stereocenters. The molecular weight excluding hydrogens is 192 g/mol. The van der Waals surface area contributed by atoms with E-state index < -0.39 is 11.7 Å². The van der Waals surface area contributed by atoms with Crippen molar-refractivity contribution in [3.8, 4) is 0 Å². The van der Waals surface area contributed by atoms with Gasteiger partial charge >= 0.3 is 0 Å². The van der Waals surface area contributed by atoms with E-state index in [1.54, 1.807) is 6.20 Å². The second kappa shape index (κ2) is 3.94. The maximum atomic E-state index is 10.3. The minimum absolute atomic E-state index is 0.460. The molecule has 1 aromatic rings. The normalized spacial score (nSPS) is 28.2. The van der Waals surface area contributed by atoms with Crippen LogP contribution in [0.5, 0.6) is 0 Å². The average Bonchev–Trinajstić information content (AvgIpc) is 2.85. The molecule has 1 fully saturated rings. The van der Waals surface area contributed by atoms with E-state index in [1.807, 2.05) is 24.6 Å². The summed E-state index contributed by atoms with van der Waals surface area (Å²) >= 11 is 0. The van der Waals surface area contributed by atoms with Crippen LogP contribution in [0.2, 0.25) is 0 Å². The van der Waals surface area contributed by atoms with E-state index in [0.29, 0.717) is 5.82 Å². The molecular formula is C11H18N2O2. The second-order valence-electron chi connectivity index (χ2n) is 4.24. The van der Waals surface area contributed by atoms with Crippen molar-refractivity contribution < 1.29 is 9.84 Å². The SMILES string of the molecule is CCn1ccnc1C(O)C1(C)CCCO1. The summed E-state index contributed by atoms with van der Waals surface area (Å²) < 4.78 is 7.58. The molecule has 0 radical (unpaired) electrons. The number of aromatic nitrogens is 2. The highest BCUT2D eigenvalue weighted by atomic mass is 16.5. The number of hydrogen-bond acceptors (Lipinski definition) is 3. The fourth-order valence-electron chi connectivity index (χ4n) is 2.13. The summed E-state index contributed by atoms with van der Waals surface area (Å²) in [5.74, 6) is 0.710. The zero-order valence-electron chi connectivity index (χ0n) is 9.31. The van der Waals surface area contributed by atoms with Crippen LogP contribution in [-0.4, -0.2) is 26.9 Å². The fraction of sp³-hybridized carbons (Fsp3) is 0.727. The molecule has 15 heavy (non-hydrogen) atoms. The Morgan fingerprint density at radius 2 is 2.53 bits per heavy atom. The average molecular weight is 210 g/mol. The quantitative estimate of drug-likeness (QED) is 0.822. The Hall–Kier alpha value is -0.870. The van der Waals surface area contributed by atoms with Crippen LogP contribution in [0.4, 0.5) is 0 Å². The third kappa shape index (κ3) is 1.79. The highest BCUT2D eigenvalue weighted by Gasteiger charge is 2.40. The molecule has 2 heterocycles. The van der Waals surface area contributed by atoms with Crippen LogP contribution in [0, 0.1) is 0 Å². The van der Waals surface area contributed by atoms with E-state index >= 15 is 0 Å². The molecule has 0 spiro atoms. The van der Waals surface area contributed by atoms with Crippen LogP contribution in [0.15, 0.2) is 12.4 Å². The smallest absolute Gasteiger partial charge is 0.140 e. The van der Waals surface area contributed by atoms with Crippen molar-refractivity contribution in [1.29, 1.82) is 0 Å². The highest BCUT2D eigenvalue weighted by molar-refractivity contribution is 5.04. The third-order valence-electron chi connectivity index (χ3n) is 3.16. The van der Waals surface area contributed by atoms with E-state index in [-0.39, 0.29) is 0 Å². The number of imidazole rings is 1. The molecule has 2 atom stereocenters. The van der Waals surface area contributed by atoms with Gasteiger partial charge in [-0.15, -0.1) is 0 Å². The van der Waals surface area contributed by atoms with Crippen LogP contribution < -0.4 is 0 Å². The second-order valence-corrected chi connectivity index (χ2v) is 4.24. The molecule has 0 aromatic carbocycles. The molecule has 0 bridgehead atoms. The van der Waals surface area contributed by atoms with Gasteiger partial charge < -0.3 is 14.4 Å². The molecule has 4 nitrogen and oxygen atoms in total. The fourth-order valence-corrected chi connectivity index (χ4v) is 2.13. The van der Waals surface area contributed by atoms with Crippen molar-refractivity contribution in [2.45, 2.75) is 44.9 Å². The third-order valence-corrected chi connectivity index (χ3v) is 3.16. The first-order valence-electron chi connectivity index (χ1n) is 5.50. The van der Waals surface area contributed by atoms with Crippen molar-refractivity contribution in [1.82, 2.24) is 9.55 Å². The first-order chi connectivity index (χ1) is 7.17. The van der Waals surface area contributed by atoms with Gasteiger partial charge in [-0.3, -0.25) is 0 Å². The largest absolute Gasteiger partial charge is 0.382 e. The van der Waals surface area contributed by atoms with E-state index in [0.717, 1.165) is 26.0 Å². The van der Waals surface area contributed by atoms with Crippen LogP contribution in [0.25, 0.3) is 0 Å². The highest BCUT2D eigenvalue weighted by Crippen LogP contribution is 2.36. The molecule has 1 aliphatic rings. The Morgan fingerprint density at radius 1 is 1.73 bits per heavy atom. The summed E-state index contributed by atoms with van der Waals surface area (Å²) in [5.41, 5.74) is -0.460. The molecule has 4 heteroatoms. The number of ether oxygens (including phenoxy) is 1. The minimum atomic E-state index is -0.630. The summed E-state index contributed by atoms with van der Waals surface area (Å²) in [6, 6.07) is 0. The molecule has 0 aliphatic carbocycles. The first-order valence-corrected chi connectivity index (χ1v) is 5.50. The van der Waals surface area contributed by atoms with Gasteiger partial charge in [0.05, 0.1) is 5.60 Å². The van der Waals surface area contributed by atoms with E-state index in [1.165, 1.54) is 0 Å². The lowest BCUT2D eigenvalue weighted by atomic mass is 9.95. The van der Waals surface area contributed by atoms with Crippen LogP contribution in [0.3, 0.4) is 0 Å². The summed E-state index contributed by atoms with van der Waals surface area (Å²) in [6.45, 7) is 5.55. The predicted octanol–water partition coefficient (Wildman–Crippen LogP) is 1.51. The van der Waals surface area contributed by atoms with Gasteiger partial charge in [0.1, 0.15) is 11.9 Å². The zero-order valence-corrected chi connectivity index (χ0v) is 9.31. The number of nitrogens with zero attached hydrogens (tertiary/aromatic N) is 2. The van der Waals surface area contributed by atoms with Gasteiger partial charge in [0.15, 0.2) is 0 Å². The lowest BCUT2D eigenvalue weighted by Crippen LogP contribution is -2.33. The van der Waals surface area contributed by atoms with Gasteiger partial charge in [-0.2, -0.15) is 0 Å². The predicted molar refractivity (Wildman–Crippen MR) is 56.5 cm³/mol. The van der Waals surface area contributed by atoms with Crippen LogP contribution in [0.1, 0.15) is 38.6 Å². The van der Waals surface area contributed by atoms with Gasteiger partial charge in [-0.1, -0.05) is 0 Å². The van der Waals surface area contributed by atoms with Gasteiger partial charge in [-0.05, 0) is 26.7 Å². The van der Waals surface area contributed by atoms with Gasteiger partial charge in [0.25, 0.3) is 0 Å². The Balaban J connectivity index is 2.23. The Kier molecular flexibility index (Phi) is 2.80. The molecule has 1 aliphatic heterocycles. The summed E-state index contributed by atoms with van der Waals surface area (Å²) in [7, 11) is 0. The van der Waals surface area contributed by atoms with Crippen molar-refractivity contribution in [2.24, 2.45) is 0 Å². The molecule has 2 rings (SSSR count). The first kappa shape index (κ1) is 10.6. The number of aliphatic hydroxyl groups is 1. The number of aryl methyl sites for hydroxylation is 1. The summed E-state index contributed by atoms with van der Waals surface area (Å²) in [4.78, 5) is 4.21. The lowest BCUT2D eigenvalue weighted by molar-refractivity contribution is -0.0842. The maximum Gasteiger partial charge on any atom is 0.140 e. The van der Waals surface area contributed by atoms with Crippen molar-refractivity contribution in [3.63, 3.8) is 0 Å². The lowest BCUT2D eigenvalue weighted by Gasteiger charge is -2.29. The van der Waals surface area contributed by atoms with Gasteiger partial charge in [0.2, 0.25) is 0 Å². The summed E-state index contributed by atoms with van der Waals surface area (Å²) in [5, 5.41) is 10.3. The molecule has 84 valence electrons. The van der Waals surface area contributed by atoms with E-state index in [9.17, 15) is 5.11 Å². The zero-order chi connectivity index (χ0) is 10.9. The molecule has 1 N–H and O–H groups in total. The maximum absolute atomic E-state index is 10.3. The Morgan fingerprint density at radius 3 is 3.13 bits per heavy atom. The molecule has 1 saturated heterocycles. The molecule has 1 aromatic heterocycles. The van der Waals surface area contributed by atoms with Crippen LogP contribution in [-0.2, 0) is 11.3 Å². The van der Waals surface area contributed by atoms with Gasteiger partial charge in [-0.25, -0.2) is 4.98 Å². The van der Waals surface area contributed by atoms with Gasteiger partial charge in [0, 0.05) is 25.5 Å². The standard InChI is InChI=1S/C11H18N2O2/c1-3-13-7-6-12-10(13)9(14)11(2)5-4-8-15-11/h6-7,9,14H,3-5,8H2,1-2H3. The van der Waals surface area contributed by atoms with E-state index in [4.69, 9.17) is 4.74 Å². The molecule has 0 amide bonds.